The molecule has 0 bridgehead atoms. The first kappa shape index (κ1) is 15.5. The lowest BCUT2D eigenvalue weighted by Crippen LogP contribution is -1.95. The van der Waals surface area contributed by atoms with E-state index in [1.807, 2.05) is 12.1 Å². The van der Waals surface area contributed by atoms with Crippen molar-refractivity contribution in [2.45, 2.75) is 26.4 Å². The van der Waals surface area contributed by atoms with E-state index < -0.39 is 0 Å². The number of rotatable bonds is 5. The van der Waals surface area contributed by atoms with Gasteiger partial charge in [-0.25, -0.2) is 4.98 Å². The number of benzene rings is 2. The SMILES string of the molecule is CCc1nc(-c2ccc(CN)cc2)[nH]c1-c1ccc(CN)cc1. The largest absolute Gasteiger partial charge is 0.338 e. The molecule has 0 aliphatic rings. The number of aromatic nitrogens is 2. The maximum absolute atomic E-state index is 5.67. The molecule has 0 fully saturated rings. The second kappa shape index (κ2) is 6.77. The van der Waals surface area contributed by atoms with Crippen LogP contribution in [0.25, 0.3) is 22.6 Å². The van der Waals surface area contributed by atoms with Crippen molar-refractivity contribution in [2.75, 3.05) is 0 Å². The third kappa shape index (κ3) is 3.18. The second-order valence-corrected chi connectivity index (χ2v) is 5.56. The van der Waals surface area contributed by atoms with E-state index >= 15 is 0 Å². The van der Waals surface area contributed by atoms with Crippen LogP contribution in [0.2, 0.25) is 0 Å². The molecule has 0 amide bonds. The first-order chi connectivity index (χ1) is 11.2. The highest BCUT2D eigenvalue weighted by atomic mass is 14.9. The van der Waals surface area contributed by atoms with Crippen LogP contribution in [0.4, 0.5) is 0 Å². The van der Waals surface area contributed by atoms with Crippen LogP contribution in [-0.2, 0) is 19.5 Å². The summed E-state index contributed by atoms with van der Waals surface area (Å²) in [7, 11) is 0. The van der Waals surface area contributed by atoms with Crippen LogP contribution in [0.1, 0.15) is 23.7 Å². The van der Waals surface area contributed by atoms with E-state index in [2.05, 4.69) is 48.3 Å². The lowest BCUT2D eigenvalue weighted by Gasteiger charge is -2.02. The smallest absolute Gasteiger partial charge is 0.138 e. The van der Waals surface area contributed by atoms with Gasteiger partial charge in [0.15, 0.2) is 0 Å². The van der Waals surface area contributed by atoms with Crippen LogP contribution < -0.4 is 11.5 Å². The summed E-state index contributed by atoms with van der Waals surface area (Å²) in [4.78, 5) is 8.23. The number of nitrogens with two attached hydrogens (primary N) is 2. The summed E-state index contributed by atoms with van der Waals surface area (Å²) in [5, 5.41) is 0. The number of aryl methyl sites for hydroxylation is 1. The van der Waals surface area contributed by atoms with Gasteiger partial charge in [0.1, 0.15) is 5.82 Å². The molecular formula is C19H22N4. The number of nitrogens with zero attached hydrogens (tertiary/aromatic N) is 1. The van der Waals surface area contributed by atoms with Crippen LogP contribution in [0.5, 0.6) is 0 Å². The van der Waals surface area contributed by atoms with Gasteiger partial charge in [0.25, 0.3) is 0 Å². The molecule has 23 heavy (non-hydrogen) atoms. The molecule has 2 aromatic carbocycles. The molecule has 0 aliphatic carbocycles. The van der Waals surface area contributed by atoms with Crippen molar-refractivity contribution in [3.05, 3.63) is 65.4 Å². The molecule has 4 heteroatoms. The van der Waals surface area contributed by atoms with E-state index in [4.69, 9.17) is 16.5 Å². The summed E-state index contributed by atoms with van der Waals surface area (Å²) in [6, 6.07) is 16.5. The minimum Gasteiger partial charge on any atom is -0.338 e. The van der Waals surface area contributed by atoms with Gasteiger partial charge < -0.3 is 16.5 Å². The fraction of sp³-hybridized carbons (Fsp3) is 0.211. The van der Waals surface area contributed by atoms with Gasteiger partial charge in [-0.1, -0.05) is 55.5 Å². The summed E-state index contributed by atoms with van der Waals surface area (Å²) < 4.78 is 0. The van der Waals surface area contributed by atoms with Gasteiger partial charge in [-0.15, -0.1) is 0 Å². The van der Waals surface area contributed by atoms with Crippen LogP contribution in [0, 0.1) is 0 Å². The Bertz CT molecular complexity index is 770. The molecule has 0 atom stereocenters. The monoisotopic (exact) mass is 306 g/mol. The predicted octanol–water partition coefficient (Wildman–Crippen LogP) is 3.22. The molecule has 0 aliphatic heterocycles. The Morgan fingerprint density at radius 2 is 1.35 bits per heavy atom. The van der Waals surface area contributed by atoms with Crippen LogP contribution >= 0.6 is 0 Å². The number of H-pyrrole nitrogens is 1. The van der Waals surface area contributed by atoms with Gasteiger partial charge in [-0.2, -0.15) is 0 Å². The molecule has 0 spiro atoms. The number of imidazole rings is 1. The molecule has 1 heterocycles. The Morgan fingerprint density at radius 3 is 1.83 bits per heavy atom. The second-order valence-electron chi connectivity index (χ2n) is 5.56. The summed E-state index contributed by atoms with van der Waals surface area (Å²) >= 11 is 0. The van der Waals surface area contributed by atoms with Crippen molar-refractivity contribution in [1.82, 2.24) is 9.97 Å². The first-order valence-electron chi connectivity index (χ1n) is 7.92. The predicted molar refractivity (Wildman–Crippen MR) is 94.6 cm³/mol. The molecule has 3 aromatic rings. The van der Waals surface area contributed by atoms with Gasteiger partial charge in [0, 0.05) is 18.7 Å². The zero-order valence-electron chi connectivity index (χ0n) is 13.3. The van der Waals surface area contributed by atoms with Crippen LogP contribution in [-0.4, -0.2) is 9.97 Å². The van der Waals surface area contributed by atoms with Crippen molar-refractivity contribution in [3.8, 4) is 22.6 Å². The lowest BCUT2D eigenvalue weighted by atomic mass is 10.1. The van der Waals surface area contributed by atoms with E-state index in [0.29, 0.717) is 13.1 Å². The Labute approximate surface area is 136 Å². The van der Waals surface area contributed by atoms with Gasteiger partial charge in [-0.05, 0) is 23.1 Å². The number of nitrogens with one attached hydrogen (secondary N) is 1. The standard InChI is InChI=1S/C19H22N4/c1-2-17-18(15-7-3-13(11-20)4-8-15)23-19(22-17)16-9-5-14(12-21)6-10-16/h3-10H,2,11-12,20-21H2,1H3,(H,22,23). The molecular weight excluding hydrogens is 284 g/mol. The van der Waals surface area contributed by atoms with Crippen molar-refractivity contribution < 1.29 is 0 Å². The van der Waals surface area contributed by atoms with Crippen LogP contribution in [0.3, 0.4) is 0 Å². The van der Waals surface area contributed by atoms with Gasteiger partial charge in [-0.3, -0.25) is 0 Å². The molecule has 0 saturated carbocycles. The van der Waals surface area contributed by atoms with E-state index in [0.717, 1.165) is 45.9 Å². The zero-order valence-corrected chi connectivity index (χ0v) is 13.3. The summed E-state index contributed by atoms with van der Waals surface area (Å²) in [6.07, 6.45) is 0.880. The van der Waals surface area contributed by atoms with E-state index in [1.165, 1.54) is 0 Å². The van der Waals surface area contributed by atoms with E-state index in [9.17, 15) is 0 Å². The van der Waals surface area contributed by atoms with Gasteiger partial charge in [0.2, 0.25) is 0 Å². The first-order valence-corrected chi connectivity index (χ1v) is 7.92. The third-order valence-electron chi connectivity index (χ3n) is 4.06. The normalized spacial score (nSPS) is 10.9. The molecule has 0 radical (unpaired) electrons. The summed E-state index contributed by atoms with van der Waals surface area (Å²) in [5.74, 6) is 0.892. The zero-order chi connectivity index (χ0) is 16.2. The number of hydrogen-bond acceptors (Lipinski definition) is 3. The van der Waals surface area contributed by atoms with Gasteiger partial charge in [0.05, 0.1) is 11.4 Å². The highest BCUT2D eigenvalue weighted by molar-refractivity contribution is 5.67. The molecule has 5 N–H and O–H groups in total. The highest BCUT2D eigenvalue weighted by Crippen LogP contribution is 2.27. The molecule has 118 valence electrons. The Morgan fingerprint density at radius 1 is 0.826 bits per heavy atom. The molecule has 3 rings (SSSR count). The number of aromatic amines is 1. The molecule has 0 unspecified atom stereocenters. The minimum atomic E-state index is 0.553. The van der Waals surface area contributed by atoms with Crippen molar-refractivity contribution >= 4 is 0 Å². The summed E-state index contributed by atoms with van der Waals surface area (Å²) in [5.41, 5.74) is 17.9. The maximum atomic E-state index is 5.67. The lowest BCUT2D eigenvalue weighted by molar-refractivity contribution is 1.06. The Kier molecular flexibility index (Phi) is 4.55. The van der Waals surface area contributed by atoms with Crippen LogP contribution in [0.15, 0.2) is 48.5 Å². The fourth-order valence-corrected chi connectivity index (χ4v) is 2.65. The maximum Gasteiger partial charge on any atom is 0.138 e. The highest BCUT2D eigenvalue weighted by Gasteiger charge is 2.12. The third-order valence-corrected chi connectivity index (χ3v) is 4.06. The Balaban J connectivity index is 1.98. The fourth-order valence-electron chi connectivity index (χ4n) is 2.65. The molecule has 4 nitrogen and oxygen atoms in total. The average molecular weight is 306 g/mol. The quantitative estimate of drug-likeness (QED) is 0.677. The van der Waals surface area contributed by atoms with Crippen molar-refractivity contribution in [1.29, 1.82) is 0 Å². The average Bonchev–Trinajstić information content (AvgIpc) is 3.06. The van der Waals surface area contributed by atoms with E-state index in [-0.39, 0.29) is 0 Å². The minimum absolute atomic E-state index is 0.553. The topological polar surface area (TPSA) is 80.7 Å². The van der Waals surface area contributed by atoms with E-state index in [1.54, 1.807) is 0 Å². The summed E-state index contributed by atoms with van der Waals surface area (Å²) in [6.45, 7) is 3.23. The molecule has 1 aromatic heterocycles. The number of hydrogen-bond donors (Lipinski definition) is 3. The molecule has 0 saturated heterocycles. The Hall–Kier alpha value is -2.43. The van der Waals surface area contributed by atoms with Gasteiger partial charge >= 0.3 is 0 Å². The van der Waals surface area contributed by atoms with Crippen molar-refractivity contribution in [3.63, 3.8) is 0 Å². The van der Waals surface area contributed by atoms with Crippen molar-refractivity contribution in [2.24, 2.45) is 11.5 Å².